The monoisotopic (exact) mass is 438 g/mol. The molecule has 166 valence electrons. The summed E-state index contributed by atoms with van der Waals surface area (Å²) in [6.45, 7) is 8.92. The second-order valence-electron chi connectivity index (χ2n) is 7.89. The standard InChI is InChI=1S/C21H31ClN4O4/c1-4-6-12-29-19-18(26(27)28)20-24(15-16-8-9-17(22)23-14-16)10-11-25(20)21(19,3)30-13-7-5-2/h8-9,14,19H,4-7,10-13,15H2,1-3H3. The van der Waals surface area contributed by atoms with Gasteiger partial charge in [0.1, 0.15) is 5.15 Å². The van der Waals surface area contributed by atoms with Gasteiger partial charge in [-0.3, -0.25) is 10.1 Å². The van der Waals surface area contributed by atoms with Crippen LogP contribution in [0, 0.1) is 10.1 Å². The molecule has 1 aromatic heterocycles. The molecule has 2 aliphatic rings. The molecule has 30 heavy (non-hydrogen) atoms. The average molecular weight is 439 g/mol. The quantitative estimate of drug-likeness (QED) is 0.223. The normalized spacial score (nSPS) is 23.4. The molecule has 2 unspecified atom stereocenters. The Morgan fingerprint density at radius 1 is 1.27 bits per heavy atom. The lowest BCUT2D eigenvalue weighted by Crippen LogP contribution is -2.52. The second kappa shape index (κ2) is 9.94. The zero-order chi connectivity index (χ0) is 21.7. The summed E-state index contributed by atoms with van der Waals surface area (Å²) in [5, 5.41) is 12.6. The van der Waals surface area contributed by atoms with Crippen molar-refractivity contribution in [2.75, 3.05) is 26.3 Å². The largest absolute Gasteiger partial charge is 0.362 e. The first-order chi connectivity index (χ1) is 14.4. The minimum Gasteiger partial charge on any atom is -0.362 e. The molecule has 0 bridgehead atoms. The van der Waals surface area contributed by atoms with Crippen LogP contribution in [0.3, 0.4) is 0 Å². The zero-order valence-electron chi connectivity index (χ0n) is 18.0. The van der Waals surface area contributed by atoms with Gasteiger partial charge in [0, 0.05) is 39.0 Å². The lowest BCUT2D eigenvalue weighted by Gasteiger charge is -2.38. The van der Waals surface area contributed by atoms with Gasteiger partial charge in [0.05, 0.1) is 4.92 Å². The number of nitrogens with zero attached hydrogens (tertiary/aromatic N) is 4. The molecule has 0 spiro atoms. The summed E-state index contributed by atoms with van der Waals surface area (Å²) < 4.78 is 12.4. The summed E-state index contributed by atoms with van der Waals surface area (Å²) >= 11 is 5.89. The maximum Gasteiger partial charge on any atom is 0.319 e. The fourth-order valence-electron chi connectivity index (χ4n) is 4.06. The Kier molecular flexibility index (Phi) is 7.55. The topological polar surface area (TPSA) is 81.0 Å². The molecule has 3 rings (SSSR count). The van der Waals surface area contributed by atoms with E-state index in [1.54, 1.807) is 12.3 Å². The van der Waals surface area contributed by atoms with E-state index in [-0.39, 0.29) is 10.6 Å². The van der Waals surface area contributed by atoms with E-state index >= 15 is 0 Å². The number of hydrogen-bond acceptors (Lipinski definition) is 7. The number of halogens is 1. The molecular weight excluding hydrogens is 408 g/mol. The summed E-state index contributed by atoms with van der Waals surface area (Å²) in [6, 6.07) is 3.63. The van der Waals surface area contributed by atoms with Crippen molar-refractivity contribution in [1.29, 1.82) is 0 Å². The highest BCUT2D eigenvalue weighted by Crippen LogP contribution is 2.45. The predicted octanol–water partition coefficient (Wildman–Crippen LogP) is 4.03. The number of rotatable bonds is 11. The van der Waals surface area contributed by atoms with E-state index in [2.05, 4.69) is 18.8 Å². The van der Waals surface area contributed by atoms with Gasteiger partial charge in [0.2, 0.25) is 0 Å². The molecule has 0 aromatic carbocycles. The van der Waals surface area contributed by atoms with Gasteiger partial charge in [0.15, 0.2) is 17.6 Å². The highest BCUT2D eigenvalue weighted by atomic mass is 35.5. The van der Waals surface area contributed by atoms with Gasteiger partial charge in [0.25, 0.3) is 0 Å². The molecule has 1 fully saturated rings. The van der Waals surface area contributed by atoms with Crippen molar-refractivity contribution < 1.29 is 14.4 Å². The fraction of sp³-hybridized carbons (Fsp3) is 0.667. The number of aromatic nitrogens is 1. The maximum absolute atomic E-state index is 12.2. The highest BCUT2D eigenvalue weighted by molar-refractivity contribution is 6.29. The van der Waals surface area contributed by atoms with Crippen LogP contribution in [-0.4, -0.2) is 57.8 Å². The third kappa shape index (κ3) is 4.55. The van der Waals surface area contributed by atoms with E-state index in [1.165, 1.54) is 0 Å². The number of ether oxygens (including phenoxy) is 2. The number of unbranched alkanes of at least 4 members (excludes halogenated alkanes) is 2. The number of nitro groups is 1. The molecule has 0 saturated carbocycles. The van der Waals surface area contributed by atoms with Gasteiger partial charge in [-0.05, 0) is 31.4 Å². The van der Waals surface area contributed by atoms with Crippen molar-refractivity contribution in [1.82, 2.24) is 14.8 Å². The van der Waals surface area contributed by atoms with Crippen LogP contribution in [0.1, 0.15) is 52.0 Å². The van der Waals surface area contributed by atoms with Gasteiger partial charge in [-0.15, -0.1) is 0 Å². The van der Waals surface area contributed by atoms with Gasteiger partial charge in [-0.25, -0.2) is 4.98 Å². The molecule has 0 aliphatic carbocycles. The van der Waals surface area contributed by atoms with E-state index in [0.717, 1.165) is 31.2 Å². The Labute approximate surface area is 182 Å². The van der Waals surface area contributed by atoms with Crippen molar-refractivity contribution in [3.63, 3.8) is 0 Å². The van der Waals surface area contributed by atoms with Crippen LogP contribution in [0.2, 0.25) is 5.15 Å². The van der Waals surface area contributed by atoms with E-state index < -0.39 is 11.8 Å². The third-order valence-electron chi connectivity index (χ3n) is 5.68. The van der Waals surface area contributed by atoms with Gasteiger partial charge < -0.3 is 19.3 Å². The molecule has 0 amide bonds. The summed E-state index contributed by atoms with van der Waals surface area (Å²) in [5.74, 6) is 0.593. The van der Waals surface area contributed by atoms with Crippen LogP contribution in [0.4, 0.5) is 0 Å². The van der Waals surface area contributed by atoms with Crippen LogP contribution in [0.5, 0.6) is 0 Å². The Balaban J connectivity index is 1.92. The number of hydrogen-bond donors (Lipinski definition) is 0. The Morgan fingerprint density at radius 3 is 2.63 bits per heavy atom. The zero-order valence-corrected chi connectivity index (χ0v) is 18.7. The lowest BCUT2D eigenvalue weighted by atomic mass is 10.1. The van der Waals surface area contributed by atoms with Crippen LogP contribution >= 0.6 is 11.6 Å². The van der Waals surface area contributed by atoms with Crippen LogP contribution in [0.15, 0.2) is 29.8 Å². The van der Waals surface area contributed by atoms with Crippen molar-refractivity contribution >= 4 is 11.6 Å². The van der Waals surface area contributed by atoms with Gasteiger partial charge >= 0.3 is 5.70 Å². The summed E-state index contributed by atoms with van der Waals surface area (Å²) in [6.07, 6.45) is 4.67. The Morgan fingerprint density at radius 2 is 2.00 bits per heavy atom. The van der Waals surface area contributed by atoms with Crippen molar-refractivity contribution in [2.24, 2.45) is 0 Å². The third-order valence-corrected chi connectivity index (χ3v) is 5.91. The Hall–Kier alpha value is -1.90. The first-order valence-corrected chi connectivity index (χ1v) is 11.1. The molecule has 9 heteroatoms. The van der Waals surface area contributed by atoms with E-state index in [0.29, 0.717) is 43.8 Å². The summed E-state index contributed by atoms with van der Waals surface area (Å²) in [5.41, 5.74) is 0.137. The first kappa shape index (κ1) is 22.8. The van der Waals surface area contributed by atoms with Gasteiger partial charge in [-0.2, -0.15) is 0 Å². The molecule has 1 aromatic rings. The molecule has 2 aliphatic heterocycles. The van der Waals surface area contributed by atoms with Crippen LogP contribution < -0.4 is 0 Å². The smallest absolute Gasteiger partial charge is 0.319 e. The predicted molar refractivity (Wildman–Crippen MR) is 114 cm³/mol. The fourth-order valence-corrected chi connectivity index (χ4v) is 4.17. The number of fused-ring (bicyclic) bond motifs is 1. The van der Waals surface area contributed by atoms with E-state index in [4.69, 9.17) is 21.1 Å². The molecule has 1 saturated heterocycles. The SMILES string of the molecule is CCCCOC1C([N+](=O)[O-])=C2N(Cc3ccc(Cl)nc3)CCN2C1(C)OCCCC. The van der Waals surface area contributed by atoms with Crippen molar-refractivity contribution in [3.8, 4) is 0 Å². The minimum atomic E-state index is -0.895. The summed E-state index contributed by atoms with van der Waals surface area (Å²) in [7, 11) is 0. The molecule has 3 heterocycles. The van der Waals surface area contributed by atoms with E-state index in [1.807, 2.05) is 22.8 Å². The highest BCUT2D eigenvalue weighted by Gasteiger charge is 2.60. The maximum atomic E-state index is 12.2. The second-order valence-corrected chi connectivity index (χ2v) is 8.28. The lowest BCUT2D eigenvalue weighted by molar-refractivity contribution is -0.441. The van der Waals surface area contributed by atoms with Crippen molar-refractivity contribution in [2.45, 2.75) is 64.8 Å². The molecule has 8 nitrogen and oxygen atoms in total. The summed E-state index contributed by atoms with van der Waals surface area (Å²) in [4.78, 5) is 20.0. The first-order valence-electron chi connectivity index (χ1n) is 10.7. The Bertz CT molecular complexity index is 773. The molecule has 0 N–H and O–H groups in total. The minimum absolute atomic E-state index is 0.0875. The molecule has 2 atom stereocenters. The van der Waals surface area contributed by atoms with Crippen LogP contribution in [0.25, 0.3) is 0 Å². The molecule has 0 radical (unpaired) electrons. The van der Waals surface area contributed by atoms with E-state index in [9.17, 15) is 10.1 Å². The molecular formula is C21H31ClN4O4. The van der Waals surface area contributed by atoms with Crippen LogP contribution in [-0.2, 0) is 16.0 Å². The van der Waals surface area contributed by atoms with Crippen molar-refractivity contribution in [3.05, 3.63) is 50.7 Å². The van der Waals surface area contributed by atoms with Gasteiger partial charge in [-0.1, -0.05) is 44.4 Å². The average Bonchev–Trinajstić information content (AvgIpc) is 3.22. The number of pyridine rings is 1.